The van der Waals surface area contributed by atoms with E-state index < -0.39 is 0 Å². The molecule has 0 N–H and O–H groups in total. The number of carbonyl (C=O) groups is 1. The Hall–Kier alpha value is -2.66. The number of amides is 1. The van der Waals surface area contributed by atoms with Gasteiger partial charge in [0.15, 0.2) is 5.13 Å². The summed E-state index contributed by atoms with van der Waals surface area (Å²) in [4.78, 5) is 19.8. The summed E-state index contributed by atoms with van der Waals surface area (Å²) in [5, 5.41) is 2.79. The number of rotatable bonds is 7. The molecule has 162 valence electrons. The quantitative estimate of drug-likeness (QED) is 0.405. The van der Waals surface area contributed by atoms with Gasteiger partial charge >= 0.3 is 0 Å². The van der Waals surface area contributed by atoms with Crippen molar-refractivity contribution in [3.63, 3.8) is 0 Å². The van der Waals surface area contributed by atoms with Crippen molar-refractivity contribution < 1.29 is 9.53 Å². The normalized spacial score (nSPS) is 14.4. The lowest BCUT2D eigenvalue weighted by Gasteiger charge is -2.22. The number of hydrogen-bond donors (Lipinski definition) is 0. The minimum atomic E-state index is -0.0469. The van der Waals surface area contributed by atoms with Gasteiger partial charge in [-0.05, 0) is 48.9 Å². The van der Waals surface area contributed by atoms with Crippen molar-refractivity contribution in [1.29, 1.82) is 0 Å². The van der Waals surface area contributed by atoms with Gasteiger partial charge in [0, 0.05) is 23.1 Å². The molecule has 0 bridgehead atoms. The molecule has 0 radical (unpaired) electrons. The van der Waals surface area contributed by atoms with E-state index in [1.807, 2.05) is 23.6 Å². The zero-order valence-corrected chi connectivity index (χ0v) is 19.2. The first-order valence-corrected chi connectivity index (χ1v) is 12.1. The molecular formula is C26H30N2O2S. The van der Waals surface area contributed by atoms with Crippen LogP contribution in [0.25, 0.3) is 11.3 Å². The molecule has 4 rings (SSSR count). The molecule has 1 saturated carbocycles. The highest BCUT2D eigenvalue weighted by atomic mass is 32.1. The molecule has 3 aromatic rings. The lowest BCUT2D eigenvalue weighted by atomic mass is 9.84. The molecule has 0 aliphatic heterocycles. The van der Waals surface area contributed by atoms with Crippen LogP contribution in [0.5, 0.6) is 5.75 Å². The molecule has 0 saturated heterocycles. The largest absolute Gasteiger partial charge is 0.497 e. The van der Waals surface area contributed by atoms with Gasteiger partial charge in [-0.3, -0.25) is 9.69 Å². The number of nitrogens with zero attached hydrogens (tertiary/aromatic N) is 2. The van der Waals surface area contributed by atoms with E-state index in [4.69, 9.17) is 9.72 Å². The highest BCUT2D eigenvalue weighted by Gasteiger charge is 2.21. The third kappa shape index (κ3) is 4.99. The number of thiazole rings is 1. The maximum Gasteiger partial charge on any atom is 0.260 e. The first-order chi connectivity index (χ1) is 15.2. The summed E-state index contributed by atoms with van der Waals surface area (Å²) < 4.78 is 5.28. The van der Waals surface area contributed by atoms with Crippen molar-refractivity contribution in [2.75, 3.05) is 18.6 Å². The van der Waals surface area contributed by atoms with Gasteiger partial charge in [0.2, 0.25) is 0 Å². The van der Waals surface area contributed by atoms with Crippen LogP contribution in [0.1, 0.15) is 67.3 Å². The predicted octanol–water partition coefficient (Wildman–Crippen LogP) is 6.92. The Morgan fingerprint density at radius 3 is 2.61 bits per heavy atom. The maximum atomic E-state index is 13.2. The highest BCUT2D eigenvalue weighted by Crippen LogP contribution is 2.34. The minimum Gasteiger partial charge on any atom is -0.497 e. The summed E-state index contributed by atoms with van der Waals surface area (Å²) in [5.41, 5.74) is 4.09. The van der Waals surface area contributed by atoms with Crippen molar-refractivity contribution >= 4 is 22.4 Å². The van der Waals surface area contributed by atoms with E-state index in [0.717, 1.165) is 22.8 Å². The Labute approximate surface area is 188 Å². The van der Waals surface area contributed by atoms with Crippen LogP contribution in [0.3, 0.4) is 0 Å². The fraction of sp³-hybridized carbons (Fsp3) is 0.385. The third-order valence-electron chi connectivity index (χ3n) is 6.02. The van der Waals surface area contributed by atoms with Crippen molar-refractivity contribution in [1.82, 2.24) is 4.98 Å². The number of benzene rings is 2. The van der Waals surface area contributed by atoms with Gasteiger partial charge in [0.05, 0.1) is 12.8 Å². The Balaban J connectivity index is 1.54. The number of ether oxygens (including phenoxy) is 1. The smallest absolute Gasteiger partial charge is 0.260 e. The second-order valence-electron chi connectivity index (χ2n) is 8.16. The fourth-order valence-corrected chi connectivity index (χ4v) is 5.16. The Morgan fingerprint density at radius 2 is 1.90 bits per heavy atom. The highest BCUT2D eigenvalue weighted by molar-refractivity contribution is 7.14. The zero-order valence-electron chi connectivity index (χ0n) is 18.3. The number of methoxy groups -OCH3 is 1. The average molecular weight is 435 g/mol. The molecule has 1 heterocycles. The maximum absolute atomic E-state index is 13.2. The summed E-state index contributed by atoms with van der Waals surface area (Å²) in [6.45, 7) is 2.70. The van der Waals surface area contributed by atoms with Crippen LogP contribution in [-0.2, 0) is 0 Å². The van der Waals surface area contributed by atoms with Gasteiger partial charge in [-0.15, -0.1) is 11.3 Å². The average Bonchev–Trinajstić information content (AvgIpc) is 3.33. The molecule has 1 fully saturated rings. The van der Waals surface area contributed by atoms with Crippen molar-refractivity contribution in [2.24, 2.45) is 0 Å². The number of carbonyl (C=O) groups excluding carboxylic acids is 1. The molecular weight excluding hydrogens is 404 g/mol. The van der Waals surface area contributed by atoms with Gasteiger partial charge in [-0.1, -0.05) is 56.5 Å². The monoisotopic (exact) mass is 434 g/mol. The molecule has 0 unspecified atom stereocenters. The number of anilines is 1. The Bertz CT molecular complexity index is 1010. The standard InChI is InChI=1S/C26H30N2O2S/c1-3-16-28(25(29)22-10-7-11-23(17-22)30-2)26-27-24(18-31-26)21-14-12-20(13-15-21)19-8-5-4-6-9-19/h7,10-15,17-19H,3-6,8-9,16H2,1-2H3. The van der Waals surface area contributed by atoms with E-state index in [9.17, 15) is 4.79 Å². The summed E-state index contributed by atoms with van der Waals surface area (Å²) in [5.74, 6) is 1.34. The van der Waals surface area contributed by atoms with E-state index >= 15 is 0 Å². The first-order valence-electron chi connectivity index (χ1n) is 11.2. The topological polar surface area (TPSA) is 42.4 Å². The second kappa shape index (κ2) is 10.1. The minimum absolute atomic E-state index is 0.0469. The van der Waals surface area contributed by atoms with Gasteiger partial charge in [-0.2, -0.15) is 0 Å². The summed E-state index contributed by atoms with van der Waals surface area (Å²) in [6.07, 6.45) is 7.53. The molecule has 2 aromatic carbocycles. The van der Waals surface area contributed by atoms with E-state index in [1.165, 1.54) is 49.0 Å². The molecule has 1 aromatic heterocycles. The summed E-state index contributed by atoms with van der Waals surface area (Å²) in [7, 11) is 1.61. The van der Waals surface area contributed by atoms with Gasteiger partial charge in [-0.25, -0.2) is 4.98 Å². The van der Waals surface area contributed by atoms with Crippen LogP contribution in [0.2, 0.25) is 0 Å². The lowest BCUT2D eigenvalue weighted by molar-refractivity contribution is 0.0986. The molecule has 5 heteroatoms. The molecule has 31 heavy (non-hydrogen) atoms. The molecule has 0 atom stereocenters. The van der Waals surface area contributed by atoms with Crippen LogP contribution in [0.4, 0.5) is 5.13 Å². The molecule has 4 nitrogen and oxygen atoms in total. The lowest BCUT2D eigenvalue weighted by Crippen LogP contribution is -2.31. The van der Waals surface area contributed by atoms with Crippen LogP contribution < -0.4 is 9.64 Å². The second-order valence-corrected chi connectivity index (χ2v) is 9.00. The van der Waals surface area contributed by atoms with E-state index in [2.05, 4.69) is 31.2 Å². The fourth-order valence-electron chi connectivity index (χ4n) is 4.30. The van der Waals surface area contributed by atoms with Crippen LogP contribution in [0, 0.1) is 0 Å². The van der Waals surface area contributed by atoms with Crippen molar-refractivity contribution in [2.45, 2.75) is 51.4 Å². The molecule has 1 amide bonds. The van der Waals surface area contributed by atoms with Gasteiger partial charge in [0.25, 0.3) is 5.91 Å². The van der Waals surface area contributed by atoms with Crippen molar-refractivity contribution in [3.05, 3.63) is 65.0 Å². The molecule has 1 aliphatic rings. The summed E-state index contributed by atoms with van der Waals surface area (Å²) in [6, 6.07) is 16.2. The molecule has 0 spiro atoms. The van der Waals surface area contributed by atoms with Gasteiger partial charge < -0.3 is 4.74 Å². The van der Waals surface area contributed by atoms with E-state index in [-0.39, 0.29) is 5.91 Å². The van der Waals surface area contributed by atoms with Crippen LogP contribution in [0.15, 0.2) is 53.9 Å². The third-order valence-corrected chi connectivity index (χ3v) is 6.88. The first kappa shape index (κ1) is 21.6. The number of aromatic nitrogens is 1. The van der Waals surface area contributed by atoms with Gasteiger partial charge in [0.1, 0.15) is 5.75 Å². The Morgan fingerprint density at radius 1 is 1.13 bits per heavy atom. The summed E-state index contributed by atoms with van der Waals surface area (Å²) >= 11 is 1.52. The Kier molecular flexibility index (Phi) is 7.03. The zero-order chi connectivity index (χ0) is 21.6. The SMILES string of the molecule is CCCN(C(=O)c1cccc(OC)c1)c1nc(-c2ccc(C3CCCCC3)cc2)cs1. The van der Waals surface area contributed by atoms with Crippen LogP contribution in [-0.4, -0.2) is 24.5 Å². The number of hydrogen-bond acceptors (Lipinski definition) is 4. The molecule has 1 aliphatic carbocycles. The van der Waals surface area contributed by atoms with E-state index in [1.54, 1.807) is 18.1 Å². The van der Waals surface area contributed by atoms with E-state index in [0.29, 0.717) is 23.8 Å². The predicted molar refractivity (Wildman–Crippen MR) is 128 cm³/mol. The van der Waals surface area contributed by atoms with Crippen molar-refractivity contribution in [3.8, 4) is 17.0 Å². The van der Waals surface area contributed by atoms with Crippen LogP contribution >= 0.6 is 11.3 Å².